The van der Waals surface area contributed by atoms with E-state index in [1.807, 2.05) is 13.8 Å². The standard InChI is InChI=1S/C15H29N3O3/c1-5-11(3)13(14(19)20)16-15(21)17(4)12-7-9-18(6-2)10-8-12/h11-13H,5-10H2,1-4H3,(H,16,21)(H,19,20)/t11?,13-/m0/s1. The fourth-order valence-electron chi connectivity index (χ4n) is 2.71. The highest BCUT2D eigenvalue weighted by molar-refractivity contribution is 5.82. The number of carbonyl (C=O) groups excluding carboxylic acids is 1. The second kappa shape index (κ2) is 8.22. The maximum atomic E-state index is 12.3. The predicted octanol–water partition coefficient (Wildman–Crippen LogP) is 1.61. The number of amides is 2. The van der Waals surface area contributed by atoms with E-state index in [2.05, 4.69) is 17.1 Å². The van der Waals surface area contributed by atoms with Crippen LogP contribution in [0.15, 0.2) is 0 Å². The van der Waals surface area contributed by atoms with Crippen molar-refractivity contribution in [2.75, 3.05) is 26.7 Å². The Morgan fingerprint density at radius 3 is 2.33 bits per heavy atom. The number of urea groups is 1. The Morgan fingerprint density at radius 2 is 1.90 bits per heavy atom. The van der Waals surface area contributed by atoms with Gasteiger partial charge in [-0.3, -0.25) is 0 Å². The Labute approximate surface area is 127 Å². The van der Waals surface area contributed by atoms with Crippen molar-refractivity contribution in [3.8, 4) is 0 Å². The van der Waals surface area contributed by atoms with Crippen LogP contribution in [0, 0.1) is 5.92 Å². The quantitative estimate of drug-likeness (QED) is 0.781. The van der Waals surface area contributed by atoms with Crippen molar-refractivity contribution in [1.29, 1.82) is 0 Å². The molecule has 0 aromatic carbocycles. The van der Waals surface area contributed by atoms with E-state index in [1.165, 1.54) is 0 Å². The van der Waals surface area contributed by atoms with E-state index >= 15 is 0 Å². The summed E-state index contributed by atoms with van der Waals surface area (Å²) in [6.45, 7) is 8.94. The van der Waals surface area contributed by atoms with Gasteiger partial charge < -0.3 is 20.2 Å². The molecule has 6 nitrogen and oxygen atoms in total. The van der Waals surface area contributed by atoms with E-state index in [0.717, 1.165) is 38.9 Å². The van der Waals surface area contributed by atoms with Crippen LogP contribution in [0.3, 0.4) is 0 Å². The van der Waals surface area contributed by atoms with Crippen molar-refractivity contribution in [2.45, 2.75) is 52.1 Å². The number of nitrogens with one attached hydrogen (secondary N) is 1. The van der Waals surface area contributed by atoms with Crippen molar-refractivity contribution in [3.05, 3.63) is 0 Å². The first-order valence-corrected chi connectivity index (χ1v) is 7.89. The zero-order valence-electron chi connectivity index (χ0n) is 13.6. The molecule has 0 aromatic rings. The summed E-state index contributed by atoms with van der Waals surface area (Å²) in [4.78, 5) is 27.6. The van der Waals surface area contributed by atoms with Crippen LogP contribution in [0.5, 0.6) is 0 Å². The Hall–Kier alpha value is -1.30. The Morgan fingerprint density at radius 1 is 1.33 bits per heavy atom. The third kappa shape index (κ3) is 4.88. The van der Waals surface area contributed by atoms with Gasteiger partial charge in [0.25, 0.3) is 0 Å². The summed E-state index contributed by atoms with van der Waals surface area (Å²) in [7, 11) is 1.76. The van der Waals surface area contributed by atoms with E-state index in [1.54, 1.807) is 11.9 Å². The zero-order valence-corrected chi connectivity index (χ0v) is 13.6. The predicted molar refractivity (Wildman–Crippen MR) is 82.3 cm³/mol. The van der Waals surface area contributed by atoms with Gasteiger partial charge in [-0.25, -0.2) is 9.59 Å². The van der Waals surface area contributed by atoms with Gasteiger partial charge in [0.15, 0.2) is 0 Å². The minimum absolute atomic E-state index is 0.0817. The second-order valence-electron chi connectivity index (χ2n) is 5.93. The van der Waals surface area contributed by atoms with Crippen LogP contribution < -0.4 is 5.32 Å². The van der Waals surface area contributed by atoms with Crippen LogP contribution in [0.25, 0.3) is 0 Å². The van der Waals surface area contributed by atoms with Gasteiger partial charge in [0.1, 0.15) is 6.04 Å². The molecule has 1 rings (SSSR count). The number of nitrogens with zero attached hydrogens (tertiary/aromatic N) is 2. The molecule has 0 bridgehead atoms. The summed E-state index contributed by atoms with van der Waals surface area (Å²) in [6, 6.07) is -0.905. The van der Waals surface area contributed by atoms with Crippen molar-refractivity contribution in [2.24, 2.45) is 5.92 Å². The van der Waals surface area contributed by atoms with Crippen molar-refractivity contribution in [1.82, 2.24) is 15.1 Å². The van der Waals surface area contributed by atoms with Gasteiger partial charge in [0, 0.05) is 26.2 Å². The Kier molecular flexibility index (Phi) is 6.95. The molecule has 0 aliphatic carbocycles. The minimum atomic E-state index is -0.966. The monoisotopic (exact) mass is 299 g/mol. The molecular weight excluding hydrogens is 270 g/mol. The highest BCUT2D eigenvalue weighted by Crippen LogP contribution is 2.16. The smallest absolute Gasteiger partial charge is 0.326 e. The molecule has 0 saturated carbocycles. The van der Waals surface area contributed by atoms with Gasteiger partial charge >= 0.3 is 12.0 Å². The van der Waals surface area contributed by atoms with Crippen LogP contribution >= 0.6 is 0 Å². The molecule has 2 atom stereocenters. The lowest BCUT2D eigenvalue weighted by molar-refractivity contribution is -0.140. The molecule has 2 amide bonds. The fraction of sp³-hybridized carbons (Fsp3) is 0.867. The Balaban J connectivity index is 2.55. The number of piperidine rings is 1. The third-order valence-electron chi connectivity index (χ3n) is 4.63. The van der Waals surface area contributed by atoms with Gasteiger partial charge in [0.2, 0.25) is 0 Å². The van der Waals surface area contributed by atoms with Crippen molar-refractivity contribution in [3.63, 3.8) is 0 Å². The van der Waals surface area contributed by atoms with E-state index in [-0.39, 0.29) is 18.0 Å². The lowest BCUT2D eigenvalue weighted by Crippen LogP contribution is -2.53. The van der Waals surface area contributed by atoms with Crippen LogP contribution in [-0.4, -0.2) is 65.7 Å². The number of carboxylic acids is 1. The molecule has 1 aliphatic rings. The molecule has 1 aliphatic heterocycles. The van der Waals surface area contributed by atoms with E-state index in [0.29, 0.717) is 0 Å². The summed E-state index contributed by atoms with van der Waals surface area (Å²) >= 11 is 0. The van der Waals surface area contributed by atoms with Crippen molar-refractivity contribution < 1.29 is 14.7 Å². The lowest BCUT2D eigenvalue weighted by Gasteiger charge is -2.37. The average Bonchev–Trinajstić information content (AvgIpc) is 2.50. The summed E-state index contributed by atoms with van der Waals surface area (Å²) in [6.07, 6.45) is 2.60. The first kappa shape index (κ1) is 17.8. The first-order valence-electron chi connectivity index (χ1n) is 7.89. The second-order valence-corrected chi connectivity index (χ2v) is 5.93. The topological polar surface area (TPSA) is 72.9 Å². The number of carboxylic acid groups (broad SMARTS) is 1. The van der Waals surface area contributed by atoms with E-state index in [9.17, 15) is 14.7 Å². The fourth-order valence-corrected chi connectivity index (χ4v) is 2.71. The highest BCUT2D eigenvalue weighted by atomic mass is 16.4. The zero-order chi connectivity index (χ0) is 16.0. The maximum Gasteiger partial charge on any atom is 0.326 e. The first-order chi connectivity index (χ1) is 9.90. The summed E-state index contributed by atoms with van der Waals surface area (Å²) < 4.78 is 0. The molecule has 0 aromatic heterocycles. The van der Waals surface area contributed by atoms with Gasteiger partial charge in [-0.15, -0.1) is 0 Å². The van der Waals surface area contributed by atoms with Gasteiger partial charge in [0.05, 0.1) is 0 Å². The van der Waals surface area contributed by atoms with Crippen LogP contribution in [0.1, 0.15) is 40.0 Å². The number of likely N-dealkylation sites (tertiary alicyclic amines) is 1. The molecule has 1 saturated heterocycles. The van der Waals surface area contributed by atoms with E-state index in [4.69, 9.17) is 0 Å². The largest absolute Gasteiger partial charge is 0.480 e. The molecule has 0 spiro atoms. The number of hydrogen-bond acceptors (Lipinski definition) is 3. The molecule has 1 heterocycles. The maximum absolute atomic E-state index is 12.3. The molecule has 2 N–H and O–H groups in total. The molecule has 1 fully saturated rings. The van der Waals surface area contributed by atoms with Crippen molar-refractivity contribution >= 4 is 12.0 Å². The van der Waals surface area contributed by atoms with Crippen LogP contribution in [0.4, 0.5) is 4.79 Å². The van der Waals surface area contributed by atoms with Gasteiger partial charge in [-0.05, 0) is 25.3 Å². The molecule has 1 unspecified atom stereocenters. The number of aliphatic carboxylic acids is 1. The number of carbonyl (C=O) groups is 2. The third-order valence-corrected chi connectivity index (χ3v) is 4.63. The normalized spacial score (nSPS) is 19.8. The number of hydrogen-bond donors (Lipinski definition) is 2. The van der Waals surface area contributed by atoms with E-state index < -0.39 is 12.0 Å². The SMILES string of the molecule is CCC(C)[C@H](NC(=O)N(C)C1CCN(CC)CC1)C(=O)O. The Bertz CT molecular complexity index is 354. The number of rotatable bonds is 6. The molecular formula is C15H29N3O3. The summed E-state index contributed by atoms with van der Waals surface area (Å²) in [5, 5.41) is 11.9. The van der Waals surface area contributed by atoms with Crippen LogP contribution in [0.2, 0.25) is 0 Å². The average molecular weight is 299 g/mol. The summed E-state index contributed by atoms with van der Waals surface area (Å²) in [5.74, 6) is -1.05. The van der Waals surface area contributed by atoms with Crippen LogP contribution in [-0.2, 0) is 4.79 Å². The minimum Gasteiger partial charge on any atom is -0.480 e. The molecule has 122 valence electrons. The molecule has 0 radical (unpaired) electrons. The lowest BCUT2D eigenvalue weighted by atomic mass is 9.99. The molecule has 21 heavy (non-hydrogen) atoms. The molecule has 6 heteroatoms. The van der Waals surface area contributed by atoms with Gasteiger partial charge in [-0.1, -0.05) is 27.2 Å². The van der Waals surface area contributed by atoms with Gasteiger partial charge in [-0.2, -0.15) is 0 Å². The highest BCUT2D eigenvalue weighted by Gasteiger charge is 2.30. The summed E-state index contributed by atoms with van der Waals surface area (Å²) in [5.41, 5.74) is 0.